The van der Waals surface area contributed by atoms with Crippen LogP contribution in [0.25, 0.3) is 0 Å². The second-order valence-corrected chi connectivity index (χ2v) is 11.9. The van der Waals surface area contributed by atoms with Crippen LogP contribution in [-0.2, 0) is 11.2 Å². The van der Waals surface area contributed by atoms with Crippen LogP contribution >= 0.6 is 0 Å². The topological polar surface area (TPSA) is 52.6 Å². The van der Waals surface area contributed by atoms with Gasteiger partial charge in [0.25, 0.3) is 0 Å². The summed E-state index contributed by atoms with van der Waals surface area (Å²) in [6.45, 7) is 16.9. The van der Waals surface area contributed by atoms with Crippen LogP contribution in [0.2, 0.25) is 0 Å². The van der Waals surface area contributed by atoms with Gasteiger partial charge < -0.3 is 9.47 Å². The minimum atomic E-state index is -0.410. The summed E-state index contributed by atoms with van der Waals surface area (Å²) >= 11 is 0. The molecule has 1 aliphatic heterocycles. The Balaban J connectivity index is 1.87. The molecule has 0 amide bonds. The van der Waals surface area contributed by atoms with E-state index in [-0.39, 0.29) is 5.60 Å². The van der Waals surface area contributed by atoms with Gasteiger partial charge in [-0.15, -0.1) is 0 Å². The number of fused-ring (bicyclic) bond motifs is 1. The van der Waals surface area contributed by atoms with Crippen molar-refractivity contribution >= 4 is 12.3 Å². The van der Waals surface area contributed by atoms with Gasteiger partial charge in [-0.3, -0.25) is 9.59 Å². The molecule has 0 spiro atoms. The fraction of sp³-hybridized carbons (Fsp3) is 0.742. The molecule has 4 heteroatoms. The molecule has 3 atom stereocenters. The number of rotatable bonds is 14. The molecule has 0 N–H and O–H groups in total. The van der Waals surface area contributed by atoms with Crippen LogP contribution in [0.4, 0.5) is 0 Å². The summed E-state index contributed by atoms with van der Waals surface area (Å²) in [7, 11) is 0. The minimum absolute atomic E-state index is 0.224. The number of hydrogen-bond donors (Lipinski definition) is 0. The van der Waals surface area contributed by atoms with E-state index in [0.29, 0.717) is 11.3 Å². The molecule has 2 rings (SSSR count). The first-order valence-electron chi connectivity index (χ1n) is 14.0. The van der Waals surface area contributed by atoms with Crippen LogP contribution in [0, 0.1) is 31.6 Å². The van der Waals surface area contributed by atoms with Crippen LogP contribution in [0.3, 0.4) is 0 Å². The van der Waals surface area contributed by atoms with Gasteiger partial charge in [0.2, 0.25) is 0 Å². The average Bonchev–Trinajstić information content (AvgIpc) is 2.77. The van der Waals surface area contributed by atoms with Gasteiger partial charge in [0, 0.05) is 12.5 Å². The van der Waals surface area contributed by atoms with Crippen LogP contribution < -0.4 is 9.47 Å². The lowest BCUT2D eigenvalue weighted by molar-refractivity contribution is -0.131. The fourth-order valence-corrected chi connectivity index (χ4v) is 5.48. The molecule has 1 aromatic carbocycles. The molecule has 0 aromatic heterocycles. The van der Waals surface area contributed by atoms with Crippen molar-refractivity contribution in [1.29, 1.82) is 0 Å². The molecule has 1 heterocycles. The third-order valence-electron chi connectivity index (χ3n) is 7.98. The van der Waals surface area contributed by atoms with Crippen molar-refractivity contribution in [1.82, 2.24) is 0 Å². The largest absolute Gasteiger partial charge is 0.487 e. The summed E-state index contributed by atoms with van der Waals surface area (Å²) < 4.78 is 12.0. The van der Waals surface area contributed by atoms with Crippen LogP contribution in [0.5, 0.6) is 11.5 Å². The second-order valence-electron chi connectivity index (χ2n) is 11.9. The number of ether oxygens (including phenoxy) is 2. The Morgan fingerprint density at radius 1 is 0.971 bits per heavy atom. The quantitative estimate of drug-likeness (QED) is 0.150. The first kappa shape index (κ1) is 29.4. The van der Waals surface area contributed by atoms with Crippen LogP contribution in [-0.4, -0.2) is 17.9 Å². The standard InChI is InChI=1S/C31H50O4/c1-21(2)12-9-13-22(3)14-10-15-23(4)16-11-18-31(8)19-17-27-28(20-32)29(34-26(7)33)24(5)25(6)30(27)35-31/h20-23H,9-19H2,1-8H3/t22-,23-,31-/m1/s1. The zero-order chi connectivity index (χ0) is 26.2. The van der Waals surface area contributed by atoms with Crippen LogP contribution in [0.15, 0.2) is 0 Å². The molecule has 0 saturated carbocycles. The highest BCUT2D eigenvalue weighted by molar-refractivity contribution is 5.87. The predicted molar refractivity (Wildman–Crippen MR) is 145 cm³/mol. The van der Waals surface area contributed by atoms with Gasteiger partial charge in [0.1, 0.15) is 17.1 Å². The van der Waals surface area contributed by atoms with Gasteiger partial charge in [0.05, 0.1) is 5.56 Å². The van der Waals surface area contributed by atoms with E-state index in [0.717, 1.165) is 72.2 Å². The monoisotopic (exact) mass is 486 g/mol. The van der Waals surface area contributed by atoms with Crippen molar-refractivity contribution in [2.45, 2.75) is 132 Å². The van der Waals surface area contributed by atoms with E-state index in [4.69, 9.17) is 9.47 Å². The first-order chi connectivity index (χ1) is 16.5. The molecule has 0 fully saturated rings. The number of carbonyl (C=O) groups is 2. The minimum Gasteiger partial charge on any atom is -0.487 e. The molecule has 1 aromatic rings. The van der Waals surface area contributed by atoms with Gasteiger partial charge in [-0.25, -0.2) is 0 Å². The molecule has 0 aliphatic carbocycles. The third-order valence-corrected chi connectivity index (χ3v) is 7.98. The molecular formula is C31H50O4. The van der Waals surface area contributed by atoms with Crippen molar-refractivity contribution in [3.05, 3.63) is 22.3 Å². The maximum atomic E-state index is 11.9. The van der Waals surface area contributed by atoms with E-state index in [2.05, 4.69) is 34.6 Å². The zero-order valence-electron chi connectivity index (χ0n) is 23.7. The molecule has 0 radical (unpaired) electrons. The molecular weight excluding hydrogens is 436 g/mol. The summed E-state index contributed by atoms with van der Waals surface area (Å²) in [5.74, 6) is 3.21. The lowest BCUT2D eigenvalue weighted by atomic mass is 9.83. The van der Waals surface area contributed by atoms with Gasteiger partial charge in [-0.2, -0.15) is 0 Å². The van der Waals surface area contributed by atoms with E-state index in [1.807, 2.05) is 13.8 Å². The Kier molecular flexibility index (Phi) is 11.3. The van der Waals surface area contributed by atoms with E-state index in [1.54, 1.807) is 0 Å². The van der Waals surface area contributed by atoms with Gasteiger partial charge in [0.15, 0.2) is 6.29 Å². The Labute approximate surface area is 214 Å². The smallest absolute Gasteiger partial charge is 0.308 e. The summed E-state index contributed by atoms with van der Waals surface area (Å²) in [5, 5.41) is 0. The predicted octanol–water partition coefficient (Wildman–Crippen LogP) is 8.56. The molecule has 1 aliphatic rings. The van der Waals surface area contributed by atoms with E-state index < -0.39 is 5.97 Å². The van der Waals surface area contributed by atoms with Crippen molar-refractivity contribution in [2.24, 2.45) is 17.8 Å². The van der Waals surface area contributed by atoms with Crippen LogP contribution in [0.1, 0.15) is 133 Å². The zero-order valence-corrected chi connectivity index (χ0v) is 23.7. The molecule has 35 heavy (non-hydrogen) atoms. The van der Waals surface area contributed by atoms with Gasteiger partial charge in [-0.1, -0.05) is 72.6 Å². The van der Waals surface area contributed by atoms with Crippen molar-refractivity contribution in [3.8, 4) is 11.5 Å². The number of benzene rings is 1. The summed E-state index contributed by atoms with van der Waals surface area (Å²) in [6, 6.07) is 0. The van der Waals surface area contributed by atoms with Gasteiger partial charge >= 0.3 is 5.97 Å². The van der Waals surface area contributed by atoms with Crippen molar-refractivity contribution in [3.63, 3.8) is 0 Å². The molecule has 0 saturated heterocycles. The highest BCUT2D eigenvalue weighted by atomic mass is 16.5. The Bertz CT molecular complexity index is 856. The first-order valence-corrected chi connectivity index (χ1v) is 14.0. The normalized spacial score (nSPS) is 19.1. The summed E-state index contributed by atoms with van der Waals surface area (Å²) in [5.41, 5.74) is 2.89. The Hall–Kier alpha value is -1.84. The highest BCUT2D eigenvalue weighted by Crippen LogP contribution is 2.44. The molecule has 4 nitrogen and oxygen atoms in total. The Morgan fingerprint density at radius 2 is 1.54 bits per heavy atom. The third kappa shape index (κ3) is 8.65. The Morgan fingerprint density at radius 3 is 2.09 bits per heavy atom. The van der Waals surface area contributed by atoms with E-state index in [9.17, 15) is 9.59 Å². The maximum absolute atomic E-state index is 11.9. The average molecular weight is 487 g/mol. The summed E-state index contributed by atoms with van der Waals surface area (Å²) in [6.07, 6.45) is 13.9. The van der Waals surface area contributed by atoms with E-state index in [1.165, 1.54) is 51.9 Å². The lowest BCUT2D eigenvalue weighted by Crippen LogP contribution is -2.37. The number of hydrogen-bond acceptors (Lipinski definition) is 4. The number of aldehydes is 1. The summed E-state index contributed by atoms with van der Waals surface area (Å²) in [4.78, 5) is 23.5. The van der Waals surface area contributed by atoms with Crippen molar-refractivity contribution < 1.29 is 19.1 Å². The fourth-order valence-electron chi connectivity index (χ4n) is 5.48. The van der Waals surface area contributed by atoms with Gasteiger partial charge in [-0.05, 0) is 75.3 Å². The molecule has 0 bridgehead atoms. The lowest BCUT2D eigenvalue weighted by Gasteiger charge is -2.38. The highest BCUT2D eigenvalue weighted by Gasteiger charge is 2.35. The van der Waals surface area contributed by atoms with Crippen molar-refractivity contribution in [2.75, 3.05) is 0 Å². The number of carbonyl (C=O) groups excluding carboxylic acids is 2. The maximum Gasteiger partial charge on any atom is 0.308 e. The molecule has 0 unspecified atom stereocenters. The number of esters is 1. The SMILES string of the molecule is CC(=O)Oc1c(C)c(C)c2c(c1C=O)CC[C@@](C)(CCC[C@H](C)CCC[C@H](C)CCCC(C)C)O2. The van der Waals surface area contributed by atoms with E-state index >= 15 is 0 Å². The molecule has 198 valence electrons. The second kappa shape index (κ2) is 13.5.